The van der Waals surface area contributed by atoms with E-state index in [1.807, 2.05) is 18.3 Å². The zero-order chi connectivity index (χ0) is 13.9. The van der Waals surface area contributed by atoms with Crippen molar-refractivity contribution in [1.82, 2.24) is 4.98 Å². The van der Waals surface area contributed by atoms with E-state index in [2.05, 4.69) is 38.7 Å². The molecule has 0 aliphatic heterocycles. The second-order valence-corrected chi connectivity index (χ2v) is 7.48. The molecular formula is C17H25NO. The number of nitrogens with zero attached hydrogens (tertiary/aromatic N) is 1. The van der Waals surface area contributed by atoms with Crippen molar-refractivity contribution < 1.29 is 5.11 Å². The van der Waals surface area contributed by atoms with Crippen LogP contribution in [0, 0.1) is 22.7 Å². The summed E-state index contributed by atoms with van der Waals surface area (Å²) in [4.78, 5) is 4.45. The first-order chi connectivity index (χ1) is 8.81. The first kappa shape index (κ1) is 13.1. The molecule has 2 bridgehead atoms. The highest BCUT2D eigenvalue weighted by atomic mass is 16.3. The number of pyridine rings is 1. The van der Waals surface area contributed by atoms with Crippen LogP contribution in [0.2, 0.25) is 0 Å². The predicted octanol–water partition coefficient (Wildman–Crippen LogP) is 3.45. The molecule has 104 valence electrons. The van der Waals surface area contributed by atoms with Crippen molar-refractivity contribution in [3.8, 4) is 0 Å². The SMILES string of the molecule is CC1(C)[C@@H]2CC[C@@]1(C)[C@](C)(O)[C@@H]2Cc1ccccn1. The Morgan fingerprint density at radius 2 is 2.00 bits per heavy atom. The van der Waals surface area contributed by atoms with Gasteiger partial charge in [0.25, 0.3) is 0 Å². The summed E-state index contributed by atoms with van der Waals surface area (Å²) in [6, 6.07) is 6.07. The van der Waals surface area contributed by atoms with Crippen molar-refractivity contribution >= 4 is 0 Å². The van der Waals surface area contributed by atoms with Crippen molar-refractivity contribution in [2.24, 2.45) is 22.7 Å². The average Bonchev–Trinajstić information content (AvgIpc) is 2.64. The summed E-state index contributed by atoms with van der Waals surface area (Å²) in [5, 5.41) is 11.2. The summed E-state index contributed by atoms with van der Waals surface area (Å²) < 4.78 is 0. The van der Waals surface area contributed by atoms with Crippen LogP contribution in [0.1, 0.15) is 46.2 Å². The summed E-state index contributed by atoms with van der Waals surface area (Å²) in [6.45, 7) is 9.03. The van der Waals surface area contributed by atoms with Gasteiger partial charge in [0.15, 0.2) is 0 Å². The van der Waals surface area contributed by atoms with Crippen LogP contribution < -0.4 is 0 Å². The minimum Gasteiger partial charge on any atom is -0.389 e. The zero-order valence-electron chi connectivity index (χ0n) is 12.5. The van der Waals surface area contributed by atoms with Gasteiger partial charge in [-0.25, -0.2) is 0 Å². The van der Waals surface area contributed by atoms with Gasteiger partial charge < -0.3 is 5.11 Å². The highest BCUT2D eigenvalue weighted by molar-refractivity contribution is 5.22. The lowest BCUT2D eigenvalue weighted by atomic mass is 9.63. The molecule has 0 saturated heterocycles. The summed E-state index contributed by atoms with van der Waals surface area (Å²) >= 11 is 0. The molecule has 1 aromatic rings. The minimum atomic E-state index is -0.586. The van der Waals surface area contributed by atoms with Gasteiger partial charge in [0.1, 0.15) is 0 Å². The van der Waals surface area contributed by atoms with E-state index in [4.69, 9.17) is 0 Å². The van der Waals surface area contributed by atoms with Crippen LogP contribution >= 0.6 is 0 Å². The molecule has 3 rings (SSSR count). The summed E-state index contributed by atoms with van der Waals surface area (Å²) in [5.74, 6) is 0.936. The smallest absolute Gasteiger partial charge is 0.0712 e. The van der Waals surface area contributed by atoms with Crippen LogP contribution in [0.15, 0.2) is 24.4 Å². The second kappa shape index (κ2) is 3.82. The molecule has 1 heterocycles. The van der Waals surface area contributed by atoms with Gasteiger partial charge in [-0.1, -0.05) is 26.8 Å². The standard InChI is InChI=1S/C17H25NO/c1-15(2)13-8-9-16(15,3)17(4,19)14(13)11-12-7-5-6-10-18-12/h5-7,10,13-14,19H,8-9,11H2,1-4H3/t13-,14-,16-,17-/m1/s1. The van der Waals surface area contributed by atoms with Gasteiger partial charge in [-0.15, -0.1) is 0 Å². The Hall–Kier alpha value is -0.890. The number of hydrogen-bond donors (Lipinski definition) is 1. The topological polar surface area (TPSA) is 33.1 Å². The fourth-order valence-electron chi connectivity index (χ4n) is 5.03. The molecule has 0 aromatic carbocycles. The third kappa shape index (κ3) is 1.50. The lowest BCUT2D eigenvalue weighted by molar-refractivity contribution is -0.103. The number of fused-ring (bicyclic) bond motifs is 2. The van der Waals surface area contributed by atoms with E-state index >= 15 is 0 Å². The molecule has 0 unspecified atom stereocenters. The van der Waals surface area contributed by atoms with Gasteiger partial charge in [-0.2, -0.15) is 0 Å². The monoisotopic (exact) mass is 259 g/mol. The molecule has 2 nitrogen and oxygen atoms in total. The maximum Gasteiger partial charge on any atom is 0.0712 e. The molecule has 19 heavy (non-hydrogen) atoms. The van der Waals surface area contributed by atoms with E-state index in [0.29, 0.717) is 11.8 Å². The number of hydrogen-bond acceptors (Lipinski definition) is 2. The van der Waals surface area contributed by atoms with Crippen molar-refractivity contribution in [1.29, 1.82) is 0 Å². The third-order valence-corrected chi connectivity index (χ3v) is 6.78. The summed E-state index contributed by atoms with van der Waals surface area (Å²) in [6.07, 6.45) is 5.15. The molecule has 0 spiro atoms. The third-order valence-electron chi connectivity index (χ3n) is 6.78. The summed E-state index contributed by atoms with van der Waals surface area (Å²) in [7, 11) is 0. The molecule has 2 fully saturated rings. The lowest BCUT2D eigenvalue weighted by Crippen LogP contribution is -2.49. The Morgan fingerprint density at radius 3 is 2.53 bits per heavy atom. The fraction of sp³-hybridized carbons (Fsp3) is 0.706. The van der Waals surface area contributed by atoms with Crippen LogP contribution in [0.4, 0.5) is 0 Å². The molecule has 2 aliphatic rings. The van der Waals surface area contributed by atoms with Crippen LogP contribution in [0.3, 0.4) is 0 Å². The van der Waals surface area contributed by atoms with Gasteiger partial charge in [-0.05, 0) is 55.6 Å². The van der Waals surface area contributed by atoms with Gasteiger partial charge in [0, 0.05) is 17.3 Å². The molecular weight excluding hydrogens is 234 g/mol. The molecule has 1 N–H and O–H groups in total. The van der Waals surface area contributed by atoms with Crippen molar-refractivity contribution in [3.63, 3.8) is 0 Å². The van der Waals surface area contributed by atoms with E-state index in [-0.39, 0.29) is 10.8 Å². The molecule has 0 amide bonds. The van der Waals surface area contributed by atoms with Crippen LogP contribution in [0.25, 0.3) is 0 Å². The first-order valence-corrected chi connectivity index (χ1v) is 7.43. The number of aromatic nitrogens is 1. The van der Waals surface area contributed by atoms with E-state index in [1.54, 1.807) is 0 Å². The van der Waals surface area contributed by atoms with Gasteiger partial charge in [-0.3, -0.25) is 4.98 Å². The predicted molar refractivity (Wildman–Crippen MR) is 76.7 cm³/mol. The molecule has 0 radical (unpaired) electrons. The minimum absolute atomic E-state index is 0.0319. The largest absolute Gasteiger partial charge is 0.389 e. The zero-order valence-corrected chi connectivity index (χ0v) is 12.5. The van der Waals surface area contributed by atoms with Gasteiger partial charge in [0.2, 0.25) is 0 Å². The summed E-state index contributed by atoms with van der Waals surface area (Å²) in [5.41, 5.74) is 0.775. The Kier molecular flexibility index (Phi) is 2.63. The van der Waals surface area contributed by atoms with Gasteiger partial charge in [0.05, 0.1) is 5.60 Å². The van der Waals surface area contributed by atoms with Crippen LogP contribution in [-0.2, 0) is 6.42 Å². The quantitative estimate of drug-likeness (QED) is 0.882. The fourth-order valence-corrected chi connectivity index (χ4v) is 5.03. The molecule has 4 atom stereocenters. The highest BCUT2D eigenvalue weighted by Crippen LogP contribution is 2.72. The molecule has 2 saturated carbocycles. The average molecular weight is 259 g/mol. The first-order valence-electron chi connectivity index (χ1n) is 7.43. The van der Waals surface area contributed by atoms with E-state index in [0.717, 1.165) is 18.5 Å². The van der Waals surface area contributed by atoms with Gasteiger partial charge >= 0.3 is 0 Å². The lowest BCUT2D eigenvalue weighted by Gasteiger charge is -2.45. The van der Waals surface area contributed by atoms with E-state index in [9.17, 15) is 5.11 Å². The van der Waals surface area contributed by atoms with Crippen LogP contribution in [-0.4, -0.2) is 15.7 Å². The molecule has 1 aromatic heterocycles. The van der Waals surface area contributed by atoms with Crippen LogP contribution in [0.5, 0.6) is 0 Å². The number of aliphatic hydroxyl groups is 1. The Balaban J connectivity index is 1.96. The van der Waals surface area contributed by atoms with Crippen molar-refractivity contribution in [3.05, 3.63) is 30.1 Å². The molecule has 2 heteroatoms. The maximum absolute atomic E-state index is 11.2. The maximum atomic E-state index is 11.2. The Morgan fingerprint density at radius 1 is 1.26 bits per heavy atom. The number of rotatable bonds is 2. The van der Waals surface area contributed by atoms with Crippen molar-refractivity contribution in [2.45, 2.75) is 52.6 Å². The van der Waals surface area contributed by atoms with Crippen molar-refractivity contribution in [2.75, 3.05) is 0 Å². The normalized spacial score (nSPS) is 43.6. The second-order valence-electron chi connectivity index (χ2n) is 7.48. The van der Waals surface area contributed by atoms with E-state index in [1.165, 1.54) is 6.42 Å². The highest BCUT2D eigenvalue weighted by Gasteiger charge is 2.70. The molecule has 2 aliphatic carbocycles. The van der Waals surface area contributed by atoms with E-state index < -0.39 is 5.60 Å². The Bertz CT molecular complexity index is 479. The Labute approximate surface area is 116 Å².